The molecular weight excluding hydrogens is 423 g/mol. The zero-order valence-electron chi connectivity index (χ0n) is 16.8. The van der Waals surface area contributed by atoms with Crippen molar-refractivity contribution in [3.8, 4) is 11.5 Å². The quantitative estimate of drug-likeness (QED) is 0.547. The number of carbonyl (C=O) groups is 1. The van der Waals surface area contributed by atoms with E-state index in [1.807, 2.05) is 0 Å². The van der Waals surface area contributed by atoms with E-state index < -0.39 is 27.9 Å². The molecule has 0 unspecified atom stereocenters. The lowest BCUT2D eigenvalue weighted by molar-refractivity contribution is -0.122. The maximum absolute atomic E-state index is 13.0. The van der Waals surface area contributed by atoms with Gasteiger partial charge in [-0.3, -0.25) is 9.52 Å². The predicted octanol–water partition coefficient (Wildman–Crippen LogP) is 4.04. The Morgan fingerprint density at radius 1 is 0.871 bits per heavy atom. The molecule has 0 aromatic heterocycles. The lowest BCUT2D eigenvalue weighted by Crippen LogP contribution is -2.30. The number of methoxy groups -OCH3 is 1. The minimum absolute atomic E-state index is 0.00245. The van der Waals surface area contributed by atoms with Gasteiger partial charge in [0, 0.05) is 11.4 Å². The van der Waals surface area contributed by atoms with Crippen molar-refractivity contribution in [3.05, 3.63) is 78.6 Å². The first-order valence-electron chi connectivity index (χ1n) is 9.27. The molecule has 0 spiro atoms. The SMILES string of the molecule is COc1ccc(O[C@@H](C)C(=O)Nc2ccc(S(=O)(=O)Nc3ccc(F)cc3)cc2)cc1. The summed E-state index contributed by atoms with van der Waals surface area (Å²) >= 11 is 0. The molecule has 0 saturated heterocycles. The van der Waals surface area contributed by atoms with Gasteiger partial charge >= 0.3 is 0 Å². The zero-order valence-corrected chi connectivity index (χ0v) is 17.6. The smallest absolute Gasteiger partial charge is 0.265 e. The predicted molar refractivity (Wildman–Crippen MR) is 115 cm³/mol. The molecule has 0 aliphatic carbocycles. The number of hydrogen-bond donors (Lipinski definition) is 2. The molecule has 31 heavy (non-hydrogen) atoms. The van der Waals surface area contributed by atoms with Gasteiger partial charge in [-0.15, -0.1) is 0 Å². The monoisotopic (exact) mass is 444 g/mol. The molecule has 0 radical (unpaired) electrons. The Labute approximate surface area is 179 Å². The maximum atomic E-state index is 13.0. The van der Waals surface area contributed by atoms with Gasteiger partial charge in [0.05, 0.1) is 12.0 Å². The lowest BCUT2D eigenvalue weighted by atomic mass is 10.3. The van der Waals surface area contributed by atoms with Gasteiger partial charge < -0.3 is 14.8 Å². The molecular formula is C22H21FN2O5S. The van der Waals surface area contributed by atoms with Crippen LogP contribution in [0.1, 0.15) is 6.92 Å². The second-order valence-electron chi connectivity index (χ2n) is 6.56. The second kappa shape index (κ2) is 9.48. The molecule has 7 nitrogen and oxygen atoms in total. The first-order chi connectivity index (χ1) is 14.8. The molecule has 0 heterocycles. The van der Waals surface area contributed by atoms with Crippen LogP contribution in [-0.4, -0.2) is 27.5 Å². The van der Waals surface area contributed by atoms with Crippen LogP contribution in [0, 0.1) is 5.82 Å². The molecule has 0 fully saturated rings. The van der Waals surface area contributed by atoms with Crippen molar-refractivity contribution in [1.29, 1.82) is 0 Å². The molecule has 2 N–H and O–H groups in total. The zero-order chi connectivity index (χ0) is 22.4. The largest absolute Gasteiger partial charge is 0.497 e. The Hall–Kier alpha value is -3.59. The van der Waals surface area contributed by atoms with E-state index in [1.165, 1.54) is 36.4 Å². The van der Waals surface area contributed by atoms with Crippen molar-refractivity contribution < 1.29 is 27.1 Å². The van der Waals surface area contributed by atoms with Crippen molar-refractivity contribution in [2.75, 3.05) is 17.1 Å². The van der Waals surface area contributed by atoms with Gasteiger partial charge in [0.1, 0.15) is 17.3 Å². The Balaban J connectivity index is 1.61. The third kappa shape index (κ3) is 5.95. The number of sulfonamides is 1. The maximum Gasteiger partial charge on any atom is 0.265 e. The van der Waals surface area contributed by atoms with Crippen LogP contribution in [0.5, 0.6) is 11.5 Å². The summed E-state index contributed by atoms with van der Waals surface area (Å²) < 4.78 is 50.9. The number of amides is 1. The Morgan fingerprint density at radius 2 is 1.42 bits per heavy atom. The first-order valence-corrected chi connectivity index (χ1v) is 10.8. The fraction of sp³-hybridized carbons (Fsp3) is 0.136. The van der Waals surface area contributed by atoms with Gasteiger partial charge in [0.25, 0.3) is 15.9 Å². The molecule has 0 aliphatic rings. The average Bonchev–Trinajstić information content (AvgIpc) is 2.76. The summed E-state index contributed by atoms with van der Waals surface area (Å²) in [6, 6.07) is 17.4. The van der Waals surface area contributed by atoms with Crippen LogP contribution in [0.25, 0.3) is 0 Å². The molecule has 3 rings (SSSR count). The van der Waals surface area contributed by atoms with Crippen LogP contribution in [0.3, 0.4) is 0 Å². The third-order valence-electron chi connectivity index (χ3n) is 4.27. The van der Waals surface area contributed by atoms with Gasteiger partial charge in [-0.2, -0.15) is 0 Å². The summed E-state index contributed by atoms with van der Waals surface area (Å²) in [6.07, 6.45) is -0.781. The highest BCUT2D eigenvalue weighted by molar-refractivity contribution is 7.92. The van der Waals surface area contributed by atoms with Gasteiger partial charge in [-0.05, 0) is 79.7 Å². The first kappa shape index (κ1) is 22.1. The molecule has 0 aliphatic heterocycles. The Bertz CT molecular complexity index is 1130. The number of benzene rings is 3. The number of nitrogens with one attached hydrogen (secondary N) is 2. The second-order valence-corrected chi connectivity index (χ2v) is 8.24. The summed E-state index contributed by atoms with van der Waals surface area (Å²) in [4.78, 5) is 12.4. The minimum Gasteiger partial charge on any atom is -0.497 e. The van der Waals surface area contributed by atoms with Crippen molar-refractivity contribution in [3.63, 3.8) is 0 Å². The molecule has 9 heteroatoms. The van der Waals surface area contributed by atoms with Crippen LogP contribution < -0.4 is 19.5 Å². The normalized spacial score (nSPS) is 12.0. The molecule has 0 bridgehead atoms. The van der Waals surface area contributed by atoms with Crippen LogP contribution in [0.15, 0.2) is 77.7 Å². The Kier molecular flexibility index (Phi) is 6.76. The minimum atomic E-state index is -3.85. The number of ether oxygens (including phenoxy) is 2. The average molecular weight is 444 g/mol. The molecule has 3 aromatic rings. The fourth-order valence-electron chi connectivity index (χ4n) is 2.61. The van der Waals surface area contributed by atoms with E-state index >= 15 is 0 Å². The highest BCUT2D eigenvalue weighted by Gasteiger charge is 2.17. The van der Waals surface area contributed by atoms with E-state index in [-0.39, 0.29) is 10.6 Å². The number of hydrogen-bond acceptors (Lipinski definition) is 5. The standard InChI is InChI=1S/C22H21FN2O5S/c1-15(30-20-11-9-19(29-2)10-12-20)22(26)24-17-7-13-21(14-8-17)31(27,28)25-18-5-3-16(23)4-6-18/h3-15,25H,1-2H3,(H,24,26)/t15-/m0/s1. The number of rotatable bonds is 8. The summed E-state index contributed by atoms with van der Waals surface area (Å²) in [6.45, 7) is 1.60. The molecule has 1 atom stereocenters. The van der Waals surface area contributed by atoms with Gasteiger partial charge in [0.15, 0.2) is 6.10 Å². The summed E-state index contributed by atoms with van der Waals surface area (Å²) in [5, 5.41) is 2.67. The van der Waals surface area contributed by atoms with E-state index in [2.05, 4.69) is 10.0 Å². The van der Waals surface area contributed by atoms with Crippen LogP contribution in [0.2, 0.25) is 0 Å². The van der Waals surface area contributed by atoms with Crippen LogP contribution >= 0.6 is 0 Å². The Morgan fingerprint density at radius 3 is 2.00 bits per heavy atom. The van der Waals surface area contributed by atoms with Crippen molar-refractivity contribution in [2.45, 2.75) is 17.9 Å². The molecule has 3 aromatic carbocycles. The van der Waals surface area contributed by atoms with Crippen molar-refractivity contribution in [2.24, 2.45) is 0 Å². The van der Waals surface area contributed by atoms with Gasteiger partial charge in [0.2, 0.25) is 0 Å². The van der Waals surface area contributed by atoms with E-state index in [1.54, 1.807) is 38.3 Å². The lowest BCUT2D eigenvalue weighted by Gasteiger charge is -2.15. The van der Waals surface area contributed by atoms with Crippen molar-refractivity contribution in [1.82, 2.24) is 0 Å². The van der Waals surface area contributed by atoms with Gasteiger partial charge in [-0.1, -0.05) is 0 Å². The summed E-state index contributed by atoms with van der Waals surface area (Å²) in [5.41, 5.74) is 0.652. The number of halogens is 1. The molecule has 0 saturated carbocycles. The van der Waals surface area contributed by atoms with E-state index in [4.69, 9.17) is 9.47 Å². The van der Waals surface area contributed by atoms with Crippen molar-refractivity contribution >= 4 is 27.3 Å². The van der Waals surface area contributed by atoms with E-state index in [0.29, 0.717) is 17.2 Å². The summed E-state index contributed by atoms with van der Waals surface area (Å²) in [7, 11) is -2.30. The fourth-order valence-corrected chi connectivity index (χ4v) is 3.66. The number of anilines is 2. The van der Waals surface area contributed by atoms with Crippen LogP contribution in [-0.2, 0) is 14.8 Å². The van der Waals surface area contributed by atoms with E-state index in [0.717, 1.165) is 12.1 Å². The topological polar surface area (TPSA) is 93.7 Å². The summed E-state index contributed by atoms with van der Waals surface area (Å²) in [5.74, 6) is 0.328. The van der Waals surface area contributed by atoms with E-state index in [9.17, 15) is 17.6 Å². The van der Waals surface area contributed by atoms with Gasteiger partial charge in [-0.25, -0.2) is 12.8 Å². The third-order valence-corrected chi connectivity index (χ3v) is 5.67. The highest BCUT2D eigenvalue weighted by Crippen LogP contribution is 2.20. The molecule has 1 amide bonds. The number of carbonyl (C=O) groups excluding carboxylic acids is 1. The van der Waals surface area contributed by atoms with Crippen LogP contribution in [0.4, 0.5) is 15.8 Å². The highest BCUT2D eigenvalue weighted by atomic mass is 32.2. The molecule has 162 valence electrons.